The quantitative estimate of drug-likeness (QED) is 0.316. The summed E-state index contributed by atoms with van der Waals surface area (Å²) in [5, 5.41) is 18.4. The number of nitrogens with one attached hydrogen (secondary N) is 3. The molecular weight excluding hydrogens is 495 g/mol. The van der Waals surface area contributed by atoms with Crippen LogP contribution in [0.5, 0.6) is 0 Å². The fourth-order valence-corrected chi connectivity index (χ4v) is 4.63. The highest BCUT2D eigenvalue weighted by Crippen LogP contribution is 2.26. The second-order valence-electron chi connectivity index (χ2n) is 8.40. The molecule has 2 aromatic carbocycles. The molecule has 1 amide bonds. The highest BCUT2D eigenvalue weighted by molar-refractivity contribution is 6.40. The molecule has 1 fully saturated rings. The highest BCUT2D eigenvalue weighted by atomic mass is 35.5. The van der Waals surface area contributed by atoms with Crippen molar-refractivity contribution in [1.29, 1.82) is 0 Å². The van der Waals surface area contributed by atoms with Gasteiger partial charge in [-0.2, -0.15) is 0 Å². The van der Waals surface area contributed by atoms with Crippen molar-refractivity contribution in [2.24, 2.45) is 0 Å². The van der Waals surface area contributed by atoms with E-state index < -0.39 is 28.8 Å². The predicted molar refractivity (Wildman–Crippen MR) is 135 cm³/mol. The van der Waals surface area contributed by atoms with Gasteiger partial charge in [-0.15, -0.1) is 0 Å². The number of carbonyl (C=O) groups is 2. The Morgan fingerprint density at radius 1 is 1.00 bits per heavy atom. The number of hydrogen-bond acceptors (Lipinski definition) is 7. The second kappa shape index (κ2) is 10.5. The van der Waals surface area contributed by atoms with Crippen molar-refractivity contribution in [3.63, 3.8) is 0 Å². The molecule has 1 aliphatic rings. The molecule has 9 nitrogen and oxygen atoms in total. The summed E-state index contributed by atoms with van der Waals surface area (Å²) < 4.78 is 0. The third kappa shape index (κ3) is 5.47. The van der Waals surface area contributed by atoms with Crippen LogP contribution in [0.4, 0.5) is 17.1 Å². The van der Waals surface area contributed by atoms with Crippen LogP contribution >= 0.6 is 23.2 Å². The number of aliphatic carboxylic acids is 1. The normalized spacial score (nSPS) is 14.6. The molecular formula is C24H22Cl2N4O5. The lowest BCUT2D eigenvalue weighted by atomic mass is 10.0. The predicted octanol–water partition coefficient (Wildman–Crippen LogP) is 3.70. The Labute approximate surface area is 210 Å². The van der Waals surface area contributed by atoms with Gasteiger partial charge < -0.3 is 21.1 Å². The van der Waals surface area contributed by atoms with Gasteiger partial charge >= 0.3 is 5.97 Å². The van der Waals surface area contributed by atoms with E-state index in [1.807, 2.05) is 0 Å². The zero-order chi connectivity index (χ0) is 25.1. The zero-order valence-corrected chi connectivity index (χ0v) is 19.9. The van der Waals surface area contributed by atoms with Gasteiger partial charge in [-0.1, -0.05) is 48.2 Å². The summed E-state index contributed by atoms with van der Waals surface area (Å²) in [4.78, 5) is 52.3. The second-order valence-corrected chi connectivity index (χ2v) is 9.22. The summed E-state index contributed by atoms with van der Waals surface area (Å²) >= 11 is 12.0. The summed E-state index contributed by atoms with van der Waals surface area (Å²) in [7, 11) is 0. The van der Waals surface area contributed by atoms with Crippen LogP contribution in [0.1, 0.15) is 41.6 Å². The number of hydrogen-bond donors (Lipinski definition) is 4. The van der Waals surface area contributed by atoms with Crippen molar-refractivity contribution in [3.8, 4) is 0 Å². The van der Waals surface area contributed by atoms with Crippen LogP contribution in [0.25, 0.3) is 0 Å². The average molecular weight is 517 g/mol. The van der Waals surface area contributed by atoms with Crippen LogP contribution in [-0.2, 0) is 11.2 Å². The van der Waals surface area contributed by atoms with Gasteiger partial charge in [-0.3, -0.25) is 19.4 Å². The number of carboxylic acid groups (broad SMARTS) is 1. The minimum Gasteiger partial charge on any atom is -0.480 e. The summed E-state index contributed by atoms with van der Waals surface area (Å²) in [6, 6.07) is 5.52. The average Bonchev–Trinajstić information content (AvgIpc) is 3.34. The molecule has 0 radical (unpaired) electrons. The first-order valence-corrected chi connectivity index (χ1v) is 11.8. The molecule has 0 unspecified atom stereocenters. The number of amides is 1. The topological polar surface area (TPSA) is 137 Å². The van der Waals surface area contributed by atoms with Gasteiger partial charge in [0.2, 0.25) is 0 Å². The molecule has 1 saturated carbocycles. The van der Waals surface area contributed by atoms with E-state index in [9.17, 15) is 24.3 Å². The van der Waals surface area contributed by atoms with Gasteiger partial charge in [0.05, 0.1) is 15.6 Å². The number of pyridine rings is 1. The number of nitrogens with zero attached hydrogens (tertiary/aromatic N) is 1. The maximum atomic E-state index is 12.5. The monoisotopic (exact) mass is 516 g/mol. The molecule has 4 rings (SSSR count). The molecule has 1 aromatic heterocycles. The molecule has 35 heavy (non-hydrogen) atoms. The van der Waals surface area contributed by atoms with Crippen LogP contribution in [-0.4, -0.2) is 34.1 Å². The minimum absolute atomic E-state index is 0.0179. The Balaban J connectivity index is 1.43. The van der Waals surface area contributed by atoms with E-state index in [1.54, 1.807) is 24.3 Å². The molecule has 0 aliphatic heterocycles. The molecule has 1 atom stereocenters. The Kier molecular flexibility index (Phi) is 7.37. The van der Waals surface area contributed by atoms with Crippen molar-refractivity contribution in [2.75, 3.05) is 16.0 Å². The van der Waals surface area contributed by atoms with Gasteiger partial charge in [-0.05, 0) is 30.5 Å². The molecule has 4 N–H and O–H groups in total. The van der Waals surface area contributed by atoms with Crippen LogP contribution in [0.2, 0.25) is 10.0 Å². The maximum Gasteiger partial charge on any atom is 0.326 e. The van der Waals surface area contributed by atoms with E-state index in [1.165, 1.54) is 12.4 Å². The Bertz CT molecular complexity index is 1310. The molecule has 3 aromatic rings. The van der Waals surface area contributed by atoms with Crippen LogP contribution in [0.3, 0.4) is 0 Å². The number of benzene rings is 1. The van der Waals surface area contributed by atoms with E-state index in [0.717, 1.165) is 25.7 Å². The van der Waals surface area contributed by atoms with E-state index in [0.29, 0.717) is 11.3 Å². The van der Waals surface area contributed by atoms with Crippen molar-refractivity contribution >= 4 is 52.1 Å². The first kappa shape index (κ1) is 24.7. The van der Waals surface area contributed by atoms with E-state index in [-0.39, 0.29) is 39.4 Å². The highest BCUT2D eigenvalue weighted by Gasteiger charge is 2.28. The lowest BCUT2D eigenvalue weighted by Crippen LogP contribution is -2.43. The smallest absolute Gasteiger partial charge is 0.326 e. The van der Waals surface area contributed by atoms with Crippen LogP contribution in [0.15, 0.2) is 46.2 Å². The Morgan fingerprint density at radius 2 is 1.60 bits per heavy atom. The number of rotatable bonds is 9. The number of carboxylic acids is 1. The zero-order valence-electron chi connectivity index (χ0n) is 18.4. The largest absolute Gasteiger partial charge is 0.480 e. The first-order valence-electron chi connectivity index (χ1n) is 11.0. The van der Waals surface area contributed by atoms with Crippen molar-refractivity contribution in [2.45, 2.75) is 44.2 Å². The van der Waals surface area contributed by atoms with E-state index in [4.69, 9.17) is 23.2 Å². The molecule has 0 bridgehead atoms. The van der Waals surface area contributed by atoms with Gasteiger partial charge in [-0.25, -0.2) is 4.79 Å². The fraction of sp³-hybridized carbons (Fsp3) is 0.292. The van der Waals surface area contributed by atoms with Crippen LogP contribution < -0.4 is 26.8 Å². The fourth-order valence-electron chi connectivity index (χ4n) is 4.10. The number of halogens is 2. The standard InChI is InChI=1S/C24H22Cl2N4O5/c25-15-10-27-11-16(26)18(15)23(33)29-14-7-5-12(6-8-14)9-17(24(34)35)30-20-19(21(31)22(20)32)28-13-3-1-2-4-13/h5-8,10-11,13,17,28,30H,1-4,9H2,(H,29,33)(H,34,35)/t17-/m0/s1. The summed E-state index contributed by atoms with van der Waals surface area (Å²) in [6.45, 7) is 0. The van der Waals surface area contributed by atoms with Gasteiger partial charge in [0.1, 0.15) is 17.4 Å². The van der Waals surface area contributed by atoms with Gasteiger partial charge in [0.25, 0.3) is 16.8 Å². The molecule has 11 heteroatoms. The Hall–Kier alpha value is -3.43. The molecule has 1 heterocycles. The third-order valence-electron chi connectivity index (χ3n) is 5.96. The molecule has 0 saturated heterocycles. The Morgan fingerprint density at radius 3 is 2.20 bits per heavy atom. The number of aromatic nitrogens is 1. The first-order chi connectivity index (χ1) is 16.7. The summed E-state index contributed by atoms with van der Waals surface area (Å²) in [6.07, 6.45) is 6.59. The van der Waals surface area contributed by atoms with Crippen LogP contribution in [0, 0.1) is 0 Å². The number of anilines is 3. The van der Waals surface area contributed by atoms with Crippen molar-refractivity contribution < 1.29 is 14.7 Å². The van der Waals surface area contributed by atoms with Gasteiger partial charge in [0, 0.05) is 30.5 Å². The molecule has 1 aliphatic carbocycles. The summed E-state index contributed by atoms with van der Waals surface area (Å²) in [5.74, 6) is -1.67. The van der Waals surface area contributed by atoms with Crippen molar-refractivity contribution in [3.05, 3.63) is 78.3 Å². The maximum absolute atomic E-state index is 12.5. The lowest BCUT2D eigenvalue weighted by Gasteiger charge is -2.22. The van der Waals surface area contributed by atoms with Gasteiger partial charge in [0.15, 0.2) is 0 Å². The number of carbonyl (C=O) groups excluding carboxylic acids is 1. The molecule has 182 valence electrons. The van der Waals surface area contributed by atoms with Crippen molar-refractivity contribution in [1.82, 2.24) is 4.98 Å². The third-order valence-corrected chi connectivity index (χ3v) is 6.54. The SMILES string of the molecule is O=C(Nc1ccc(C[C@H](Nc2c(NC3CCCC3)c(=O)c2=O)C(=O)O)cc1)c1c(Cl)cncc1Cl. The van der Waals surface area contributed by atoms with E-state index in [2.05, 4.69) is 20.9 Å². The van der Waals surface area contributed by atoms with E-state index >= 15 is 0 Å². The summed E-state index contributed by atoms with van der Waals surface area (Å²) in [5.41, 5.74) is 0.0303. The lowest BCUT2D eigenvalue weighted by molar-refractivity contribution is -0.137. The minimum atomic E-state index is -1.16. The molecule has 0 spiro atoms.